The van der Waals surface area contributed by atoms with E-state index in [0.29, 0.717) is 12.2 Å². The second-order valence-electron chi connectivity index (χ2n) is 1.75. The lowest BCUT2D eigenvalue weighted by Gasteiger charge is -1.99. The summed E-state index contributed by atoms with van der Waals surface area (Å²) >= 11 is 0. The largest absolute Gasteiger partial charge is 0.504 e. The summed E-state index contributed by atoms with van der Waals surface area (Å²) < 4.78 is 12.2. The second-order valence-corrected chi connectivity index (χ2v) is 1.75. The van der Waals surface area contributed by atoms with Gasteiger partial charge in [0.05, 0.1) is 0 Å². The first kappa shape index (κ1) is 6.67. The molecule has 1 aliphatic carbocycles. The van der Waals surface area contributed by atoms with Gasteiger partial charge in [0, 0.05) is 12.2 Å². The molecule has 0 atom stereocenters. The van der Waals surface area contributed by atoms with Crippen LogP contribution in [0.15, 0.2) is 23.7 Å². The quantitative estimate of drug-likeness (QED) is 0.499. The van der Waals surface area contributed by atoms with Gasteiger partial charge >= 0.3 is 0 Å². The van der Waals surface area contributed by atoms with Crippen molar-refractivity contribution >= 4 is 11.6 Å². The molecule has 0 heterocycles. The van der Waals surface area contributed by atoms with Crippen LogP contribution in [0, 0.1) is 0 Å². The average Bonchev–Trinajstić information content (AvgIpc) is 1.82. The smallest absolute Gasteiger partial charge is 0.255 e. The van der Waals surface area contributed by atoms with Crippen molar-refractivity contribution < 1.29 is 19.1 Å². The van der Waals surface area contributed by atoms with E-state index in [-0.39, 0.29) is 0 Å². The predicted molar refractivity (Wildman–Crippen MR) is 29.9 cm³/mol. The van der Waals surface area contributed by atoms with Crippen molar-refractivity contribution in [3.63, 3.8) is 0 Å². The Hall–Kier alpha value is -1.45. The van der Waals surface area contributed by atoms with E-state index < -0.39 is 23.2 Å². The second kappa shape index (κ2) is 2.06. The van der Waals surface area contributed by atoms with Crippen LogP contribution in [0.5, 0.6) is 0 Å². The number of aliphatic hydroxyl groups is 1. The number of carbonyl (C=O) groups excluding carboxylic acids is 2. The molecule has 0 unspecified atom stereocenters. The van der Waals surface area contributed by atoms with E-state index in [1.807, 2.05) is 0 Å². The maximum Gasteiger partial charge on any atom is 0.255 e. The Balaban J connectivity index is 3.05. The van der Waals surface area contributed by atoms with Gasteiger partial charge in [-0.3, -0.25) is 9.59 Å². The Morgan fingerprint density at radius 1 is 1.30 bits per heavy atom. The van der Waals surface area contributed by atoms with Crippen molar-refractivity contribution in [1.29, 1.82) is 0 Å². The summed E-state index contributed by atoms with van der Waals surface area (Å²) in [4.78, 5) is 20.7. The number of carbonyl (C=O) groups is 2. The van der Waals surface area contributed by atoms with Gasteiger partial charge in [0.25, 0.3) is 5.78 Å². The lowest BCUT2D eigenvalue weighted by Crippen LogP contribution is -2.10. The van der Waals surface area contributed by atoms with Crippen LogP contribution in [0.2, 0.25) is 0 Å². The van der Waals surface area contributed by atoms with Crippen LogP contribution < -0.4 is 0 Å². The number of hydrogen-bond donors (Lipinski definition) is 1. The van der Waals surface area contributed by atoms with Crippen molar-refractivity contribution in [3.8, 4) is 0 Å². The first-order valence-corrected chi connectivity index (χ1v) is 2.48. The van der Waals surface area contributed by atoms with E-state index in [0.717, 1.165) is 0 Å². The fourth-order valence-electron chi connectivity index (χ4n) is 0.555. The lowest BCUT2D eigenvalue weighted by atomic mass is 10.1. The van der Waals surface area contributed by atoms with Gasteiger partial charge in [-0.05, 0) is 0 Å². The number of ketones is 2. The van der Waals surface area contributed by atoms with Crippen LogP contribution >= 0.6 is 0 Å². The minimum atomic E-state index is -1.22. The Labute approximate surface area is 55.5 Å². The van der Waals surface area contributed by atoms with Crippen LogP contribution in [0.4, 0.5) is 4.39 Å². The summed E-state index contributed by atoms with van der Waals surface area (Å²) in [5.74, 6) is -3.91. The minimum Gasteiger partial charge on any atom is -0.504 e. The van der Waals surface area contributed by atoms with Gasteiger partial charge in [0.15, 0.2) is 17.4 Å². The number of allylic oxidation sites excluding steroid dienone is 3. The molecule has 3 nitrogen and oxygen atoms in total. The highest BCUT2D eigenvalue weighted by Gasteiger charge is 2.20. The molecule has 0 aromatic rings. The van der Waals surface area contributed by atoms with Crippen LogP contribution in [-0.4, -0.2) is 16.7 Å². The normalized spacial score (nSPS) is 18.5. The average molecular weight is 142 g/mol. The van der Waals surface area contributed by atoms with Crippen molar-refractivity contribution in [3.05, 3.63) is 23.7 Å². The number of aliphatic hydroxyl groups excluding tert-OH is 1. The maximum atomic E-state index is 12.2. The number of halogens is 1. The molecule has 1 N–H and O–H groups in total. The van der Waals surface area contributed by atoms with E-state index >= 15 is 0 Å². The zero-order valence-corrected chi connectivity index (χ0v) is 4.80. The molecule has 0 spiro atoms. The minimum absolute atomic E-state index is 0.530. The number of rotatable bonds is 0. The van der Waals surface area contributed by atoms with Crippen LogP contribution in [0.3, 0.4) is 0 Å². The van der Waals surface area contributed by atoms with Gasteiger partial charge in [-0.25, -0.2) is 4.39 Å². The molecular formula is C6H3FO3. The summed E-state index contributed by atoms with van der Waals surface area (Å²) in [7, 11) is 0. The molecular weight excluding hydrogens is 139 g/mol. The lowest BCUT2D eigenvalue weighted by molar-refractivity contribution is -0.118. The summed E-state index contributed by atoms with van der Waals surface area (Å²) in [6, 6.07) is 0. The molecule has 52 valence electrons. The molecule has 4 heteroatoms. The third-order valence-electron chi connectivity index (χ3n) is 0.998. The molecule has 0 aromatic heterocycles. The Morgan fingerprint density at radius 3 is 2.40 bits per heavy atom. The van der Waals surface area contributed by atoms with E-state index in [1.165, 1.54) is 0 Å². The van der Waals surface area contributed by atoms with E-state index in [1.54, 1.807) is 0 Å². The van der Waals surface area contributed by atoms with Crippen molar-refractivity contribution in [1.82, 2.24) is 0 Å². The summed E-state index contributed by atoms with van der Waals surface area (Å²) in [5.41, 5.74) is 0. The summed E-state index contributed by atoms with van der Waals surface area (Å²) in [6.07, 6.45) is 1.20. The van der Waals surface area contributed by atoms with Gasteiger partial charge in [-0.15, -0.1) is 0 Å². The van der Waals surface area contributed by atoms with Crippen LogP contribution in [0.1, 0.15) is 0 Å². The van der Waals surface area contributed by atoms with Gasteiger partial charge in [-0.1, -0.05) is 0 Å². The molecule has 0 saturated carbocycles. The molecule has 0 fully saturated rings. The van der Waals surface area contributed by atoms with Crippen molar-refractivity contribution in [2.75, 3.05) is 0 Å². The molecule has 1 rings (SSSR count). The highest BCUT2D eigenvalue weighted by atomic mass is 19.1. The fraction of sp³-hybridized carbons (Fsp3) is 0. The molecule has 0 radical (unpaired) electrons. The van der Waals surface area contributed by atoms with Crippen molar-refractivity contribution in [2.45, 2.75) is 0 Å². The van der Waals surface area contributed by atoms with Crippen molar-refractivity contribution in [2.24, 2.45) is 0 Å². The van der Waals surface area contributed by atoms with Crippen LogP contribution in [-0.2, 0) is 9.59 Å². The van der Waals surface area contributed by atoms with Gasteiger partial charge in [-0.2, -0.15) is 0 Å². The van der Waals surface area contributed by atoms with Gasteiger partial charge in [0.2, 0.25) is 0 Å². The van der Waals surface area contributed by atoms with Gasteiger partial charge in [0.1, 0.15) is 0 Å². The monoisotopic (exact) mass is 142 g/mol. The topological polar surface area (TPSA) is 54.4 Å². The zero-order chi connectivity index (χ0) is 7.72. The van der Waals surface area contributed by atoms with Crippen LogP contribution in [0.25, 0.3) is 0 Å². The molecule has 10 heavy (non-hydrogen) atoms. The Kier molecular flexibility index (Phi) is 1.37. The highest BCUT2D eigenvalue weighted by Crippen LogP contribution is 2.10. The fourth-order valence-corrected chi connectivity index (χ4v) is 0.555. The SMILES string of the molecule is O=C1C=C(O)C(=O)C(F)=C1. The summed E-state index contributed by atoms with van der Waals surface area (Å²) in [5, 5.41) is 8.53. The third kappa shape index (κ3) is 0.953. The first-order chi connectivity index (χ1) is 4.61. The first-order valence-electron chi connectivity index (χ1n) is 2.48. The number of hydrogen-bond acceptors (Lipinski definition) is 3. The molecule has 0 amide bonds. The number of Topliss-reactive ketones (excluding diaryl/α,β-unsaturated/α-hetero) is 1. The van der Waals surface area contributed by atoms with E-state index in [4.69, 9.17) is 5.11 Å². The molecule has 0 aliphatic heterocycles. The molecule has 0 bridgehead atoms. The van der Waals surface area contributed by atoms with E-state index in [9.17, 15) is 14.0 Å². The summed E-state index contributed by atoms with van der Waals surface area (Å²) in [6.45, 7) is 0. The highest BCUT2D eigenvalue weighted by molar-refractivity contribution is 6.17. The molecule has 0 saturated heterocycles. The Morgan fingerprint density at radius 2 is 1.90 bits per heavy atom. The zero-order valence-electron chi connectivity index (χ0n) is 4.80. The van der Waals surface area contributed by atoms with Gasteiger partial charge < -0.3 is 5.11 Å². The van der Waals surface area contributed by atoms with E-state index in [2.05, 4.69) is 0 Å². The Bertz CT molecular complexity index is 238. The molecule has 1 aliphatic rings. The maximum absolute atomic E-state index is 12.2. The standard InChI is InChI=1S/C6H3FO3/c7-4-1-3(8)2-5(9)6(4)10/h1-2,9H. The molecule has 0 aromatic carbocycles. The third-order valence-corrected chi connectivity index (χ3v) is 0.998. The predicted octanol–water partition coefficient (Wildman–Crippen LogP) is 0.433.